The number of nitrogens with zero attached hydrogens (tertiary/aromatic N) is 3. The molecule has 0 spiro atoms. The minimum Gasteiger partial charge on any atom is -0.486 e. The fourth-order valence-corrected chi connectivity index (χ4v) is 4.33. The third-order valence-corrected chi connectivity index (χ3v) is 6.14. The maximum atomic E-state index is 11.6. The first kappa shape index (κ1) is 20.6. The van der Waals surface area contributed by atoms with Crippen molar-refractivity contribution < 1.29 is 13.2 Å². The molecule has 0 amide bonds. The predicted octanol–water partition coefficient (Wildman–Crippen LogP) is 4.87. The molecule has 30 heavy (non-hydrogen) atoms. The van der Waals surface area contributed by atoms with Gasteiger partial charge in [-0.1, -0.05) is 23.2 Å². The number of nitrogens with one attached hydrogen (secondary N) is 1. The molecule has 3 heterocycles. The first-order valence-corrected chi connectivity index (χ1v) is 11.5. The number of halogens is 2. The molecule has 0 aliphatic carbocycles. The standard InChI is InChI=1S/C20H16Cl2N4O3S/c1-11(19-15(21)9-23-10-16(19)22)29-13-4-5-17-14(7-13)20(26-25-17)12-3-6-18(24-8-12)30(2,27)28/h3-11H,1-2H3,(H,25,26)/t11-/m1/s1. The molecule has 0 unspecified atom stereocenters. The zero-order valence-electron chi connectivity index (χ0n) is 15.9. The molecule has 0 radical (unpaired) electrons. The van der Waals surface area contributed by atoms with Crippen molar-refractivity contribution in [1.82, 2.24) is 20.2 Å². The Hall–Kier alpha value is -2.68. The van der Waals surface area contributed by atoms with Gasteiger partial charge in [0.2, 0.25) is 0 Å². The Labute approximate surface area is 183 Å². The van der Waals surface area contributed by atoms with E-state index in [1.807, 2.05) is 25.1 Å². The van der Waals surface area contributed by atoms with Crippen molar-refractivity contribution in [3.63, 3.8) is 0 Å². The highest BCUT2D eigenvalue weighted by molar-refractivity contribution is 7.90. The molecule has 154 valence electrons. The smallest absolute Gasteiger partial charge is 0.192 e. The summed E-state index contributed by atoms with van der Waals surface area (Å²) in [5.74, 6) is 0.599. The van der Waals surface area contributed by atoms with Crippen LogP contribution in [0.5, 0.6) is 5.75 Å². The van der Waals surface area contributed by atoms with E-state index in [0.717, 1.165) is 17.2 Å². The van der Waals surface area contributed by atoms with Crippen LogP contribution in [0.4, 0.5) is 0 Å². The van der Waals surface area contributed by atoms with E-state index in [4.69, 9.17) is 27.9 Å². The summed E-state index contributed by atoms with van der Waals surface area (Å²) in [6.45, 7) is 1.85. The number of sulfone groups is 1. The number of fused-ring (bicyclic) bond motifs is 1. The number of hydrogen-bond acceptors (Lipinski definition) is 6. The van der Waals surface area contributed by atoms with Crippen LogP contribution in [0.3, 0.4) is 0 Å². The van der Waals surface area contributed by atoms with E-state index in [1.165, 1.54) is 24.7 Å². The number of rotatable bonds is 5. The van der Waals surface area contributed by atoms with Crippen LogP contribution in [-0.2, 0) is 9.84 Å². The molecular weight excluding hydrogens is 447 g/mol. The van der Waals surface area contributed by atoms with Crippen molar-refractivity contribution in [1.29, 1.82) is 0 Å². The second-order valence-corrected chi connectivity index (χ2v) is 9.49. The van der Waals surface area contributed by atoms with E-state index in [0.29, 0.717) is 32.6 Å². The number of ether oxygens (including phenoxy) is 1. The molecule has 1 aromatic carbocycles. The summed E-state index contributed by atoms with van der Waals surface area (Å²) in [4.78, 5) is 7.99. The van der Waals surface area contributed by atoms with Gasteiger partial charge in [0.25, 0.3) is 0 Å². The molecule has 0 saturated heterocycles. The molecular formula is C20H16Cl2N4O3S. The quantitative estimate of drug-likeness (QED) is 0.454. The molecule has 4 rings (SSSR count). The highest BCUT2D eigenvalue weighted by Crippen LogP contribution is 2.34. The summed E-state index contributed by atoms with van der Waals surface area (Å²) >= 11 is 12.5. The lowest BCUT2D eigenvalue weighted by molar-refractivity contribution is 0.227. The summed E-state index contributed by atoms with van der Waals surface area (Å²) in [7, 11) is -3.37. The van der Waals surface area contributed by atoms with Gasteiger partial charge >= 0.3 is 0 Å². The number of hydrogen-bond donors (Lipinski definition) is 1. The minimum absolute atomic E-state index is 0.00930. The van der Waals surface area contributed by atoms with Crippen LogP contribution in [0, 0.1) is 0 Å². The number of pyridine rings is 2. The maximum Gasteiger partial charge on any atom is 0.192 e. The van der Waals surface area contributed by atoms with Gasteiger partial charge in [-0.05, 0) is 37.3 Å². The van der Waals surface area contributed by atoms with Crippen molar-refractivity contribution in [2.75, 3.05) is 6.26 Å². The zero-order valence-corrected chi connectivity index (χ0v) is 18.3. The first-order valence-electron chi connectivity index (χ1n) is 8.84. The molecule has 0 fully saturated rings. The Balaban J connectivity index is 1.68. The Morgan fingerprint density at radius 2 is 1.80 bits per heavy atom. The van der Waals surface area contributed by atoms with E-state index in [9.17, 15) is 8.42 Å². The molecule has 0 aliphatic heterocycles. The third-order valence-electron chi connectivity index (χ3n) is 4.53. The van der Waals surface area contributed by atoms with Crippen molar-refractivity contribution in [2.24, 2.45) is 0 Å². The Morgan fingerprint density at radius 1 is 1.07 bits per heavy atom. The van der Waals surface area contributed by atoms with Gasteiger partial charge in [-0.3, -0.25) is 10.1 Å². The molecule has 0 saturated carbocycles. The summed E-state index contributed by atoms with van der Waals surface area (Å²) in [5.41, 5.74) is 2.77. The van der Waals surface area contributed by atoms with Crippen LogP contribution >= 0.6 is 23.2 Å². The van der Waals surface area contributed by atoms with E-state index < -0.39 is 15.9 Å². The molecule has 7 nitrogen and oxygen atoms in total. The highest BCUT2D eigenvalue weighted by Gasteiger charge is 2.17. The Kier molecular flexibility index (Phi) is 5.40. The lowest BCUT2D eigenvalue weighted by Crippen LogP contribution is -2.05. The Bertz CT molecular complexity index is 1320. The van der Waals surface area contributed by atoms with Crippen molar-refractivity contribution in [3.05, 3.63) is 64.5 Å². The van der Waals surface area contributed by atoms with Crippen LogP contribution in [0.1, 0.15) is 18.6 Å². The number of benzene rings is 1. The van der Waals surface area contributed by atoms with E-state index >= 15 is 0 Å². The topological polar surface area (TPSA) is 97.8 Å². The molecule has 10 heteroatoms. The molecule has 1 N–H and O–H groups in total. The molecule has 0 aliphatic rings. The van der Waals surface area contributed by atoms with Gasteiger partial charge in [0, 0.05) is 41.4 Å². The normalized spacial score (nSPS) is 12.8. The van der Waals surface area contributed by atoms with Gasteiger partial charge in [-0.15, -0.1) is 0 Å². The summed E-state index contributed by atoms with van der Waals surface area (Å²) in [6, 6.07) is 8.64. The van der Waals surface area contributed by atoms with Gasteiger partial charge < -0.3 is 4.74 Å². The number of H-pyrrole nitrogens is 1. The van der Waals surface area contributed by atoms with Crippen LogP contribution in [0.25, 0.3) is 22.2 Å². The van der Waals surface area contributed by atoms with Gasteiger partial charge in [0.15, 0.2) is 14.9 Å². The monoisotopic (exact) mass is 462 g/mol. The predicted molar refractivity (Wildman–Crippen MR) is 116 cm³/mol. The summed E-state index contributed by atoms with van der Waals surface area (Å²) in [5, 5.41) is 8.97. The van der Waals surface area contributed by atoms with Crippen LogP contribution in [0.15, 0.2) is 53.9 Å². The van der Waals surface area contributed by atoms with Crippen LogP contribution < -0.4 is 4.74 Å². The van der Waals surface area contributed by atoms with Crippen molar-refractivity contribution >= 4 is 43.9 Å². The molecule has 4 aromatic rings. The largest absolute Gasteiger partial charge is 0.486 e. The first-order chi connectivity index (χ1) is 14.2. The van der Waals surface area contributed by atoms with Crippen molar-refractivity contribution in [2.45, 2.75) is 18.1 Å². The van der Waals surface area contributed by atoms with E-state index in [2.05, 4.69) is 20.2 Å². The minimum atomic E-state index is -3.37. The average molecular weight is 463 g/mol. The van der Waals surface area contributed by atoms with E-state index in [1.54, 1.807) is 6.07 Å². The second-order valence-electron chi connectivity index (χ2n) is 6.71. The summed E-state index contributed by atoms with van der Waals surface area (Å²) in [6.07, 6.45) is 5.24. The van der Waals surface area contributed by atoms with Gasteiger partial charge in [-0.2, -0.15) is 5.10 Å². The second kappa shape index (κ2) is 7.86. The third kappa shape index (κ3) is 3.98. The van der Waals surface area contributed by atoms with Gasteiger partial charge in [0.05, 0.1) is 15.6 Å². The highest BCUT2D eigenvalue weighted by atomic mass is 35.5. The van der Waals surface area contributed by atoms with Crippen LogP contribution in [-0.4, -0.2) is 34.8 Å². The molecule has 3 aromatic heterocycles. The fourth-order valence-electron chi connectivity index (χ4n) is 3.10. The number of aromatic amines is 1. The zero-order chi connectivity index (χ0) is 21.5. The SMILES string of the molecule is C[C@@H](Oc1ccc2[nH]nc(-c3ccc(S(C)(=O)=O)nc3)c2c1)c1c(Cl)cncc1Cl. The van der Waals surface area contributed by atoms with Gasteiger partial charge in [-0.25, -0.2) is 13.4 Å². The Morgan fingerprint density at radius 3 is 2.43 bits per heavy atom. The van der Waals surface area contributed by atoms with Gasteiger partial charge in [0.1, 0.15) is 17.5 Å². The summed E-state index contributed by atoms with van der Waals surface area (Å²) < 4.78 is 29.3. The molecule has 0 bridgehead atoms. The van der Waals surface area contributed by atoms with Crippen molar-refractivity contribution in [3.8, 4) is 17.0 Å². The fraction of sp³-hybridized carbons (Fsp3) is 0.150. The lowest BCUT2D eigenvalue weighted by Gasteiger charge is -2.17. The molecule has 1 atom stereocenters. The number of aromatic nitrogens is 4. The lowest BCUT2D eigenvalue weighted by atomic mass is 10.1. The average Bonchev–Trinajstić information content (AvgIpc) is 3.10. The maximum absolute atomic E-state index is 11.6. The van der Waals surface area contributed by atoms with Crippen LogP contribution in [0.2, 0.25) is 10.0 Å². The van der Waals surface area contributed by atoms with E-state index in [-0.39, 0.29) is 5.03 Å².